The molecule has 7 rings (SSSR count). The van der Waals surface area contributed by atoms with Crippen molar-refractivity contribution in [3.05, 3.63) is 150 Å². The van der Waals surface area contributed by atoms with Crippen LogP contribution in [0.4, 0.5) is 20.2 Å². The zero-order valence-electron chi connectivity index (χ0n) is 26.9. The molecule has 5 aromatic carbocycles. The van der Waals surface area contributed by atoms with E-state index in [1.165, 1.54) is 34.2 Å². The smallest absolute Gasteiger partial charge is 0.253 e. The lowest BCUT2D eigenvalue weighted by molar-refractivity contribution is -0.130. The number of nitrogens with zero attached hydrogens (tertiary/aromatic N) is 1. The van der Waals surface area contributed by atoms with E-state index in [1.54, 1.807) is 19.2 Å². The quantitative estimate of drug-likeness (QED) is 0.186. The summed E-state index contributed by atoms with van der Waals surface area (Å²) in [5.41, 5.74) is 8.18. The lowest BCUT2D eigenvalue weighted by atomic mass is 9.95. The molecule has 49 heavy (non-hydrogen) atoms. The number of halogens is 2. The van der Waals surface area contributed by atoms with Gasteiger partial charge in [0.1, 0.15) is 23.7 Å². The molecule has 2 atom stereocenters. The molecule has 0 aromatic heterocycles. The van der Waals surface area contributed by atoms with Gasteiger partial charge < -0.3 is 20.9 Å². The van der Waals surface area contributed by atoms with Crippen molar-refractivity contribution in [3.63, 3.8) is 0 Å². The lowest BCUT2D eigenvalue weighted by Gasteiger charge is -2.24. The molecule has 0 spiro atoms. The molecule has 2 aliphatic heterocycles. The van der Waals surface area contributed by atoms with Crippen LogP contribution in [0.3, 0.4) is 0 Å². The van der Waals surface area contributed by atoms with Crippen LogP contribution in [0.15, 0.2) is 121 Å². The van der Waals surface area contributed by atoms with E-state index in [2.05, 4.69) is 64.5 Å². The molecule has 9 heteroatoms. The zero-order chi connectivity index (χ0) is 34.5. The first-order chi connectivity index (χ1) is 23.7. The summed E-state index contributed by atoms with van der Waals surface area (Å²) >= 11 is 0. The van der Waals surface area contributed by atoms with Crippen LogP contribution in [-0.4, -0.2) is 30.8 Å². The first-order valence-electron chi connectivity index (χ1n) is 15.8. The minimum absolute atomic E-state index is 0.148. The molecular weight excluding hydrogens is 622 g/mol. The standard InChI is InChI=1S/C26H23F2N3O3.C14H11N/c1-15(29-23(32)13-16-11-17(27)14-18(28)12-16)25(33)30-24-21-9-4-3-7-19(21)20-8-5-6-10-22(20)31(2)26(24)34;1-2-6-12-11(5-1)9-10-15-14-8-4-3-7-13(12)14/h3-12,14-15,24H,13H2,1-2H3,(H,29,32)(H,30,33);1-10,15H/t15-,24-;/m0./s1. The minimum Gasteiger partial charge on any atom is -0.361 e. The molecule has 0 saturated heterocycles. The Hall–Kier alpha value is -6.09. The van der Waals surface area contributed by atoms with E-state index < -0.39 is 35.5 Å². The summed E-state index contributed by atoms with van der Waals surface area (Å²) in [6.45, 7) is 1.48. The maximum absolute atomic E-state index is 13.4. The number of carbonyl (C=O) groups is 3. The second-order valence-electron chi connectivity index (χ2n) is 11.8. The highest BCUT2D eigenvalue weighted by molar-refractivity contribution is 6.06. The number of para-hydroxylation sites is 2. The van der Waals surface area contributed by atoms with Crippen molar-refractivity contribution in [2.45, 2.75) is 25.4 Å². The van der Waals surface area contributed by atoms with Gasteiger partial charge in [0, 0.05) is 36.1 Å². The predicted molar refractivity (Wildman–Crippen MR) is 188 cm³/mol. The van der Waals surface area contributed by atoms with Crippen LogP contribution in [0, 0.1) is 11.6 Å². The van der Waals surface area contributed by atoms with Gasteiger partial charge in [0.25, 0.3) is 5.91 Å². The molecule has 2 heterocycles. The fourth-order valence-electron chi connectivity index (χ4n) is 6.05. The molecule has 3 amide bonds. The predicted octanol–water partition coefficient (Wildman–Crippen LogP) is 7.26. The van der Waals surface area contributed by atoms with Gasteiger partial charge in [-0.2, -0.15) is 0 Å². The number of fused-ring (bicyclic) bond motifs is 6. The second kappa shape index (κ2) is 14.4. The van der Waals surface area contributed by atoms with E-state index in [0.29, 0.717) is 11.6 Å². The number of nitrogens with one attached hydrogen (secondary N) is 3. The van der Waals surface area contributed by atoms with Gasteiger partial charge in [-0.1, -0.05) is 84.9 Å². The van der Waals surface area contributed by atoms with Crippen LogP contribution >= 0.6 is 0 Å². The Morgan fingerprint density at radius 1 is 0.796 bits per heavy atom. The van der Waals surface area contributed by atoms with E-state index in [9.17, 15) is 23.2 Å². The third-order valence-corrected chi connectivity index (χ3v) is 8.43. The first kappa shape index (κ1) is 32.8. The highest BCUT2D eigenvalue weighted by atomic mass is 19.1. The number of amides is 3. The molecule has 0 unspecified atom stereocenters. The molecule has 0 fully saturated rings. The van der Waals surface area contributed by atoms with Crippen molar-refractivity contribution in [2.24, 2.45) is 0 Å². The summed E-state index contributed by atoms with van der Waals surface area (Å²) in [7, 11) is 1.65. The summed E-state index contributed by atoms with van der Waals surface area (Å²) in [6.07, 6.45) is 3.80. The van der Waals surface area contributed by atoms with Crippen LogP contribution in [0.5, 0.6) is 0 Å². The Labute approximate surface area is 283 Å². The zero-order valence-corrected chi connectivity index (χ0v) is 26.9. The molecule has 0 bridgehead atoms. The number of hydrogen-bond donors (Lipinski definition) is 3. The normalized spacial score (nSPS) is 14.6. The summed E-state index contributed by atoms with van der Waals surface area (Å²) in [6, 6.07) is 32.5. The van der Waals surface area contributed by atoms with Gasteiger partial charge in [0.05, 0.1) is 12.1 Å². The summed E-state index contributed by atoms with van der Waals surface area (Å²) < 4.78 is 26.8. The third kappa shape index (κ3) is 7.26. The summed E-state index contributed by atoms with van der Waals surface area (Å²) in [5.74, 6) is -3.04. The average Bonchev–Trinajstić information content (AvgIpc) is 3.33. The molecule has 246 valence electrons. The van der Waals surface area contributed by atoms with Gasteiger partial charge in [-0.3, -0.25) is 14.4 Å². The maximum Gasteiger partial charge on any atom is 0.253 e. The number of anilines is 2. The number of likely N-dealkylation sites (N-methyl/N-ethyl adjacent to an activating group) is 1. The topological polar surface area (TPSA) is 90.5 Å². The average molecular weight is 657 g/mol. The molecular formula is C40H34F2N4O3. The van der Waals surface area contributed by atoms with Crippen molar-refractivity contribution in [1.29, 1.82) is 0 Å². The van der Waals surface area contributed by atoms with Gasteiger partial charge in [0.2, 0.25) is 11.8 Å². The van der Waals surface area contributed by atoms with Crippen molar-refractivity contribution in [2.75, 3.05) is 17.3 Å². The Kier molecular flexibility index (Phi) is 9.62. The Morgan fingerprint density at radius 2 is 1.41 bits per heavy atom. The van der Waals surface area contributed by atoms with E-state index in [1.807, 2.05) is 48.7 Å². The van der Waals surface area contributed by atoms with Crippen LogP contribution in [0.25, 0.3) is 28.3 Å². The Balaban J connectivity index is 0.000000229. The SMILES string of the molecule is C1=Cc2ccccc2-c2ccccc2N1.C[C@H](NC(=O)Cc1cc(F)cc(F)c1)C(=O)N[C@@H]1C(=O)N(C)c2ccccc2-c2ccccc21. The fraction of sp³-hybridized carbons (Fsp3) is 0.125. The minimum atomic E-state index is -0.984. The first-order valence-corrected chi connectivity index (χ1v) is 15.8. The molecule has 0 aliphatic carbocycles. The number of carbonyl (C=O) groups excluding carboxylic acids is 3. The Bertz CT molecular complexity index is 2060. The van der Waals surface area contributed by atoms with Crippen LogP contribution in [-0.2, 0) is 20.8 Å². The number of benzene rings is 5. The monoisotopic (exact) mass is 656 g/mol. The van der Waals surface area contributed by atoms with E-state index in [4.69, 9.17) is 0 Å². The van der Waals surface area contributed by atoms with E-state index >= 15 is 0 Å². The van der Waals surface area contributed by atoms with Gasteiger partial charge >= 0.3 is 0 Å². The summed E-state index contributed by atoms with van der Waals surface area (Å²) in [5, 5.41) is 8.56. The molecule has 0 saturated carbocycles. The van der Waals surface area contributed by atoms with Gasteiger partial charge in [0.15, 0.2) is 0 Å². The van der Waals surface area contributed by atoms with E-state index in [-0.39, 0.29) is 17.9 Å². The number of rotatable bonds is 5. The largest absolute Gasteiger partial charge is 0.361 e. The van der Waals surface area contributed by atoms with Crippen molar-refractivity contribution < 1.29 is 23.2 Å². The van der Waals surface area contributed by atoms with E-state index in [0.717, 1.165) is 28.9 Å². The van der Waals surface area contributed by atoms with Crippen molar-refractivity contribution in [3.8, 4) is 22.3 Å². The Morgan fingerprint density at radius 3 is 2.16 bits per heavy atom. The third-order valence-electron chi connectivity index (χ3n) is 8.43. The molecule has 2 aliphatic rings. The van der Waals surface area contributed by atoms with Gasteiger partial charge in [-0.25, -0.2) is 8.78 Å². The lowest BCUT2D eigenvalue weighted by Crippen LogP contribution is -2.49. The van der Waals surface area contributed by atoms with Crippen molar-refractivity contribution >= 4 is 35.2 Å². The second-order valence-corrected chi connectivity index (χ2v) is 11.8. The highest BCUT2D eigenvalue weighted by Gasteiger charge is 2.34. The van der Waals surface area contributed by atoms with Crippen molar-refractivity contribution in [1.82, 2.24) is 10.6 Å². The van der Waals surface area contributed by atoms with Crippen LogP contribution in [0.1, 0.15) is 29.7 Å². The molecule has 5 aromatic rings. The van der Waals surface area contributed by atoms with Crippen LogP contribution < -0.4 is 20.9 Å². The van der Waals surface area contributed by atoms with Gasteiger partial charge in [-0.15, -0.1) is 0 Å². The number of hydrogen-bond acceptors (Lipinski definition) is 4. The molecule has 0 radical (unpaired) electrons. The summed E-state index contributed by atoms with van der Waals surface area (Å²) in [4.78, 5) is 40.1. The highest BCUT2D eigenvalue weighted by Crippen LogP contribution is 2.39. The van der Waals surface area contributed by atoms with Gasteiger partial charge in [-0.05, 0) is 65.1 Å². The maximum atomic E-state index is 13.4. The molecule has 7 nitrogen and oxygen atoms in total. The molecule has 3 N–H and O–H groups in total. The van der Waals surface area contributed by atoms with Crippen LogP contribution in [0.2, 0.25) is 0 Å². The fourth-order valence-corrected chi connectivity index (χ4v) is 6.05.